The first kappa shape index (κ1) is 26.9. The van der Waals surface area contributed by atoms with Crippen LogP contribution in [0, 0.1) is 0 Å². The summed E-state index contributed by atoms with van der Waals surface area (Å²) in [4.78, 5) is 0. The Hall–Kier alpha value is -6.24. The van der Waals surface area contributed by atoms with E-state index < -0.39 is 0 Å². The number of rotatable bonds is 3. The molecule has 0 nitrogen and oxygen atoms in total. The van der Waals surface area contributed by atoms with Gasteiger partial charge in [0.05, 0.1) is 0 Å². The molecule has 0 bridgehead atoms. The minimum Gasteiger partial charge on any atom is -0.0616 e. The number of hydrogen-bond acceptors (Lipinski definition) is 0. The highest BCUT2D eigenvalue weighted by molar-refractivity contribution is 6.24. The van der Waals surface area contributed by atoms with Gasteiger partial charge in [-0.2, -0.15) is 0 Å². The lowest BCUT2D eigenvalue weighted by Gasteiger charge is -2.14. The van der Waals surface area contributed by atoms with Crippen molar-refractivity contribution in [3.63, 3.8) is 0 Å². The van der Waals surface area contributed by atoms with Crippen LogP contribution in [-0.4, -0.2) is 0 Å². The van der Waals surface area contributed by atoms with Crippen molar-refractivity contribution in [2.75, 3.05) is 0 Å². The normalized spacial score (nSPS) is 11.8. The Kier molecular flexibility index (Phi) is 5.98. The fraction of sp³-hybridized carbons (Fsp3) is 0. The molecule has 0 aliphatic carbocycles. The minimum atomic E-state index is 1.22. The molecule has 0 atom stereocenters. The molecule has 0 fully saturated rings. The van der Waals surface area contributed by atoms with Crippen LogP contribution in [0.5, 0.6) is 0 Å². The zero-order valence-electron chi connectivity index (χ0n) is 26.3. The zero-order chi connectivity index (χ0) is 31.6. The van der Waals surface area contributed by atoms with Gasteiger partial charge >= 0.3 is 0 Å². The van der Waals surface area contributed by atoms with E-state index in [-0.39, 0.29) is 0 Å². The molecule has 0 heterocycles. The van der Waals surface area contributed by atoms with Crippen LogP contribution in [0.25, 0.3) is 98.0 Å². The highest BCUT2D eigenvalue weighted by atomic mass is 14.2. The minimum absolute atomic E-state index is 1.22. The van der Waals surface area contributed by atoms with E-state index in [2.05, 4.69) is 182 Å². The maximum absolute atomic E-state index is 2.36. The number of fused-ring (bicyclic) bond motifs is 9. The summed E-state index contributed by atoms with van der Waals surface area (Å²) in [5, 5.41) is 15.4. The van der Waals surface area contributed by atoms with E-state index in [4.69, 9.17) is 0 Å². The summed E-state index contributed by atoms with van der Waals surface area (Å²) in [6.07, 6.45) is 0. The Balaban J connectivity index is 1.02. The molecule has 10 aromatic rings. The van der Waals surface area contributed by atoms with Gasteiger partial charge in [-0.3, -0.25) is 0 Å². The van der Waals surface area contributed by atoms with E-state index >= 15 is 0 Å². The van der Waals surface area contributed by atoms with E-state index in [0.29, 0.717) is 0 Å². The highest BCUT2D eigenvalue weighted by Gasteiger charge is 2.12. The number of hydrogen-bond donors (Lipinski definition) is 0. The summed E-state index contributed by atoms with van der Waals surface area (Å²) < 4.78 is 0. The van der Waals surface area contributed by atoms with Crippen molar-refractivity contribution in [3.05, 3.63) is 182 Å². The van der Waals surface area contributed by atoms with E-state index in [0.717, 1.165) is 0 Å². The van der Waals surface area contributed by atoms with Gasteiger partial charge in [0.1, 0.15) is 0 Å². The first-order valence-corrected chi connectivity index (χ1v) is 16.7. The van der Waals surface area contributed by atoms with Crippen molar-refractivity contribution in [1.82, 2.24) is 0 Å². The van der Waals surface area contributed by atoms with Gasteiger partial charge in [-0.05, 0) is 122 Å². The topological polar surface area (TPSA) is 0 Å². The SMILES string of the molecule is c1ccc2cc(-c3ccc4c(ccc5cc(-c6ccc(-c7cc8ccccc8c8c7ccc7ccccc78)cc6)ccc54)c3)ccc2c1. The van der Waals surface area contributed by atoms with Gasteiger partial charge in [0.25, 0.3) is 0 Å². The van der Waals surface area contributed by atoms with Crippen molar-refractivity contribution in [2.24, 2.45) is 0 Å². The van der Waals surface area contributed by atoms with Gasteiger partial charge in [-0.15, -0.1) is 0 Å². The van der Waals surface area contributed by atoms with E-state index in [1.807, 2.05) is 0 Å². The standard InChI is InChI=1S/C48H30/c1-2-9-35-27-37(18-15-31(35)7-1)38-23-25-43-41(29-38)20-19-40-28-36(22-24-42(40)43)32-13-16-34(17-14-32)47-30-39-10-4-6-12-45(39)48-44-11-5-3-8-33(44)21-26-46(47)48/h1-30H. The molecule has 0 radical (unpaired) electrons. The lowest BCUT2D eigenvalue weighted by atomic mass is 9.89. The van der Waals surface area contributed by atoms with Crippen LogP contribution in [0.1, 0.15) is 0 Å². The summed E-state index contributed by atoms with van der Waals surface area (Å²) in [5.41, 5.74) is 7.46. The quantitative estimate of drug-likeness (QED) is 0.176. The molecule has 0 heteroatoms. The summed E-state index contributed by atoms with van der Waals surface area (Å²) >= 11 is 0. The fourth-order valence-electron chi connectivity index (χ4n) is 7.75. The fourth-order valence-corrected chi connectivity index (χ4v) is 7.75. The van der Waals surface area contributed by atoms with Gasteiger partial charge in [0.15, 0.2) is 0 Å². The molecular formula is C48H30. The molecule has 0 spiro atoms. The highest BCUT2D eigenvalue weighted by Crippen LogP contribution is 2.40. The third-order valence-electron chi connectivity index (χ3n) is 10.2. The Morgan fingerprint density at radius 1 is 0.208 bits per heavy atom. The van der Waals surface area contributed by atoms with Crippen LogP contribution in [0.4, 0.5) is 0 Å². The summed E-state index contributed by atoms with van der Waals surface area (Å²) in [6.45, 7) is 0. The summed E-state index contributed by atoms with van der Waals surface area (Å²) in [5.74, 6) is 0. The first-order chi connectivity index (χ1) is 23.8. The molecule has 0 unspecified atom stereocenters. The largest absolute Gasteiger partial charge is 0.0616 e. The first-order valence-electron chi connectivity index (χ1n) is 16.7. The van der Waals surface area contributed by atoms with Gasteiger partial charge in [-0.25, -0.2) is 0 Å². The van der Waals surface area contributed by atoms with Crippen LogP contribution in [0.3, 0.4) is 0 Å². The van der Waals surface area contributed by atoms with E-state index in [1.54, 1.807) is 0 Å². The Morgan fingerprint density at radius 3 is 1.33 bits per heavy atom. The summed E-state index contributed by atoms with van der Waals surface area (Å²) in [6, 6.07) is 67.1. The van der Waals surface area contributed by atoms with Crippen LogP contribution in [-0.2, 0) is 0 Å². The summed E-state index contributed by atoms with van der Waals surface area (Å²) in [7, 11) is 0. The van der Waals surface area contributed by atoms with Crippen LogP contribution < -0.4 is 0 Å². The van der Waals surface area contributed by atoms with Gasteiger partial charge in [0.2, 0.25) is 0 Å². The number of benzene rings is 10. The van der Waals surface area contributed by atoms with Crippen molar-refractivity contribution in [3.8, 4) is 33.4 Å². The molecule has 10 aromatic carbocycles. The lowest BCUT2D eigenvalue weighted by Crippen LogP contribution is -1.87. The van der Waals surface area contributed by atoms with Crippen LogP contribution in [0.15, 0.2) is 182 Å². The van der Waals surface area contributed by atoms with Crippen LogP contribution >= 0.6 is 0 Å². The lowest BCUT2D eigenvalue weighted by molar-refractivity contribution is 1.63. The molecule has 0 aliphatic rings. The Labute approximate surface area is 279 Å². The maximum Gasteiger partial charge on any atom is -0.00206 e. The van der Waals surface area contributed by atoms with Crippen LogP contribution in [0.2, 0.25) is 0 Å². The Bertz CT molecular complexity index is 2860. The van der Waals surface area contributed by atoms with E-state index in [9.17, 15) is 0 Å². The second kappa shape index (κ2) is 10.7. The van der Waals surface area contributed by atoms with E-state index in [1.165, 1.54) is 98.0 Å². The monoisotopic (exact) mass is 606 g/mol. The molecule has 0 aliphatic heterocycles. The second-order valence-electron chi connectivity index (χ2n) is 12.9. The molecule has 0 amide bonds. The predicted molar refractivity (Wildman–Crippen MR) is 208 cm³/mol. The predicted octanol–water partition coefficient (Wildman–Crippen LogP) is 13.6. The molecule has 0 saturated heterocycles. The Morgan fingerprint density at radius 2 is 0.625 bits per heavy atom. The third-order valence-corrected chi connectivity index (χ3v) is 10.2. The molecular weight excluding hydrogens is 577 g/mol. The maximum atomic E-state index is 2.36. The van der Waals surface area contributed by atoms with Crippen molar-refractivity contribution in [1.29, 1.82) is 0 Å². The molecule has 48 heavy (non-hydrogen) atoms. The molecule has 0 saturated carbocycles. The molecule has 222 valence electrons. The van der Waals surface area contributed by atoms with Gasteiger partial charge in [0, 0.05) is 0 Å². The molecule has 0 N–H and O–H groups in total. The zero-order valence-corrected chi connectivity index (χ0v) is 26.3. The molecule has 0 aromatic heterocycles. The van der Waals surface area contributed by atoms with Crippen molar-refractivity contribution >= 4 is 64.6 Å². The third kappa shape index (κ3) is 4.31. The smallest absolute Gasteiger partial charge is 0.00206 e. The second-order valence-corrected chi connectivity index (χ2v) is 12.9. The average Bonchev–Trinajstić information content (AvgIpc) is 3.16. The van der Waals surface area contributed by atoms with Crippen molar-refractivity contribution in [2.45, 2.75) is 0 Å². The molecule has 10 rings (SSSR count). The van der Waals surface area contributed by atoms with Gasteiger partial charge in [-0.1, -0.05) is 158 Å². The average molecular weight is 607 g/mol. The van der Waals surface area contributed by atoms with Gasteiger partial charge < -0.3 is 0 Å². The van der Waals surface area contributed by atoms with Crippen molar-refractivity contribution < 1.29 is 0 Å².